The van der Waals surface area contributed by atoms with Crippen LogP contribution in [0.3, 0.4) is 0 Å². The van der Waals surface area contributed by atoms with Gasteiger partial charge in [0.05, 0.1) is 0 Å². The van der Waals surface area contributed by atoms with Crippen LogP contribution in [0.5, 0.6) is 0 Å². The van der Waals surface area contributed by atoms with Crippen molar-refractivity contribution in [2.24, 2.45) is 0 Å². The standard InChI is InChI=1S/C2H3F2NO4S2/c3-1-2(4)11(8,9)5-10(1,6)7/h1-2,5H. The highest BCUT2D eigenvalue weighted by Crippen LogP contribution is 2.23. The second-order valence-electron chi connectivity index (χ2n) is 1.88. The van der Waals surface area contributed by atoms with E-state index in [0.717, 1.165) is 4.13 Å². The van der Waals surface area contributed by atoms with Gasteiger partial charge in [-0.05, 0) is 0 Å². The smallest absolute Gasteiger partial charge is 0.224 e. The number of alkyl halides is 2. The third-order valence-electron chi connectivity index (χ3n) is 1.03. The number of rotatable bonds is 0. The molecule has 0 aromatic heterocycles. The average molecular weight is 207 g/mol. The van der Waals surface area contributed by atoms with E-state index in [-0.39, 0.29) is 0 Å². The van der Waals surface area contributed by atoms with E-state index in [0.29, 0.717) is 0 Å². The average Bonchev–Trinajstić information content (AvgIpc) is 1.91. The van der Waals surface area contributed by atoms with Gasteiger partial charge in [0, 0.05) is 0 Å². The molecule has 1 saturated heterocycles. The zero-order valence-electron chi connectivity index (χ0n) is 4.86. The summed E-state index contributed by atoms with van der Waals surface area (Å²) in [7, 11) is -9.32. The lowest BCUT2D eigenvalue weighted by Crippen LogP contribution is -2.23. The first kappa shape index (κ1) is 8.81. The van der Waals surface area contributed by atoms with Crippen molar-refractivity contribution in [3.05, 3.63) is 0 Å². The molecule has 2 atom stereocenters. The number of sulfonamides is 2. The second-order valence-corrected chi connectivity index (χ2v) is 5.62. The molecule has 0 aromatic rings. The molecule has 9 heteroatoms. The van der Waals surface area contributed by atoms with Gasteiger partial charge >= 0.3 is 0 Å². The Morgan fingerprint density at radius 3 is 1.27 bits per heavy atom. The molecule has 1 heterocycles. The maximum absolute atomic E-state index is 12.2. The molecular weight excluding hydrogens is 204 g/mol. The predicted octanol–water partition coefficient (Wildman–Crippen LogP) is -1.16. The Morgan fingerprint density at radius 2 is 1.18 bits per heavy atom. The van der Waals surface area contributed by atoms with Gasteiger partial charge in [-0.25, -0.2) is 25.6 Å². The molecule has 0 spiro atoms. The summed E-state index contributed by atoms with van der Waals surface area (Å²) in [6.07, 6.45) is 0. The van der Waals surface area contributed by atoms with Crippen molar-refractivity contribution in [2.45, 2.75) is 11.0 Å². The van der Waals surface area contributed by atoms with Gasteiger partial charge in [0.15, 0.2) is 0 Å². The molecule has 0 bridgehead atoms. The van der Waals surface area contributed by atoms with Gasteiger partial charge in [-0.2, -0.15) is 0 Å². The van der Waals surface area contributed by atoms with E-state index in [1.54, 1.807) is 0 Å². The first-order valence-corrected chi connectivity index (χ1v) is 5.41. The lowest BCUT2D eigenvalue weighted by molar-refractivity contribution is 0.298. The minimum absolute atomic E-state index is 0.863. The highest BCUT2D eigenvalue weighted by atomic mass is 32.3. The first-order chi connectivity index (χ1) is 4.77. The Morgan fingerprint density at radius 1 is 0.909 bits per heavy atom. The molecule has 1 N–H and O–H groups in total. The van der Waals surface area contributed by atoms with Crippen LogP contribution in [0.4, 0.5) is 8.78 Å². The van der Waals surface area contributed by atoms with Crippen molar-refractivity contribution in [2.75, 3.05) is 0 Å². The fourth-order valence-electron chi connectivity index (χ4n) is 0.536. The van der Waals surface area contributed by atoms with Crippen LogP contribution in [-0.4, -0.2) is 27.8 Å². The van der Waals surface area contributed by atoms with Crippen LogP contribution in [0.2, 0.25) is 0 Å². The van der Waals surface area contributed by atoms with Crippen molar-refractivity contribution in [3.8, 4) is 0 Å². The van der Waals surface area contributed by atoms with Crippen LogP contribution in [0.25, 0.3) is 0 Å². The molecule has 0 aliphatic carbocycles. The maximum atomic E-state index is 12.2. The largest absolute Gasteiger partial charge is 0.262 e. The zero-order chi connectivity index (χ0) is 8.86. The van der Waals surface area contributed by atoms with Crippen LogP contribution < -0.4 is 4.13 Å². The third-order valence-corrected chi connectivity index (χ3v) is 4.73. The second kappa shape index (κ2) is 2.11. The molecule has 1 fully saturated rings. The van der Waals surface area contributed by atoms with Crippen LogP contribution in [0.15, 0.2) is 0 Å². The summed E-state index contributed by atoms with van der Waals surface area (Å²) >= 11 is 0. The molecular formula is C2H3F2NO4S2. The van der Waals surface area contributed by atoms with Gasteiger partial charge < -0.3 is 0 Å². The van der Waals surface area contributed by atoms with Crippen molar-refractivity contribution >= 4 is 20.0 Å². The first-order valence-electron chi connectivity index (χ1n) is 2.32. The lowest BCUT2D eigenvalue weighted by Gasteiger charge is -1.94. The molecule has 1 aliphatic rings. The summed E-state index contributed by atoms with van der Waals surface area (Å²) in [6, 6.07) is 0. The van der Waals surface area contributed by atoms with Gasteiger partial charge in [-0.3, -0.25) is 0 Å². The molecule has 0 aromatic carbocycles. The molecule has 2 unspecified atom stereocenters. The Bertz CT molecular complexity index is 322. The topological polar surface area (TPSA) is 80.3 Å². The molecule has 11 heavy (non-hydrogen) atoms. The van der Waals surface area contributed by atoms with E-state index in [1.807, 2.05) is 0 Å². The summed E-state index contributed by atoms with van der Waals surface area (Å²) in [5.74, 6) is 0. The van der Waals surface area contributed by atoms with E-state index >= 15 is 0 Å². The monoisotopic (exact) mass is 207 g/mol. The Kier molecular flexibility index (Phi) is 1.69. The van der Waals surface area contributed by atoms with Crippen molar-refractivity contribution in [1.29, 1.82) is 0 Å². The minimum Gasteiger partial charge on any atom is -0.224 e. The fourth-order valence-corrected chi connectivity index (χ4v) is 4.01. The van der Waals surface area contributed by atoms with Crippen molar-refractivity contribution < 1.29 is 25.6 Å². The van der Waals surface area contributed by atoms with E-state index < -0.39 is 31.1 Å². The lowest BCUT2D eigenvalue weighted by atomic mass is 10.8. The SMILES string of the molecule is O=S1(=O)NS(=O)(=O)C(F)C1F. The molecule has 0 amide bonds. The van der Waals surface area contributed by atoms with E-state index in [4.69, 9.17) is 0 Å². The zero-order valence-corrected chi connectivity index (χ0v) is 6.49. The molecule has 66 valence electrons. The number of nitrogens with one attached hydrogen (secondary N) is 1. The van der Waals surface area contributed by atoms with E-state index in [2.05, 4.69) is 0 Å². The maximum Gasteiger partial charge on any atom is 0.262 e. The predicted molar refractivity (Wildman–Crippen MR) is 30.8 cm³/mol. The Balaban J connectivity index is 3.27. The van der Waals surface area contributed by atoms with Crippen LogP contribution >= 0.6 is 0 Å². The highest BCUT2D eigenvalue weighted by molar-refractivity contribution is 8.08. The van der Waals surface area contributed by atoms with Crippen molar-refractivity contribution in [1.82, 2.24) is 4.13 Å². The van der Waals surface area contributed by atoms with Gasteiger partial charge in [0.25, 0.3) is 31.1 Å². The van der Waals surface area contributed by atoms with Gasteiger partial charge in [0.1, 0.15) is 0 Å². The van der Waals surface area contributed by atoms with Crippen LogP contribution in [-0.2, 0) is 20.0 Å². The third kappa shape index (κ3) is 1.23. The number of halogens is 2. The molecule has 1 rings (SSSR count). The van der Waals surface area contributed by atoms with E-state index in [1.165, 1.54) is 0 Å². The summed E-state index contributed by atoms with van der Waals surface area (Å²) in [4.78, 5) is 0. The normalized spacial score (nSPS) is 40.5. The van der Waals surface area contributed by atoms with Gasteiger partial charge in [0.2, 0.25) is 0 Å². The van der Waals surface area contributed by atoms with Crippen molar-refractivity contribution in [3.63, 3.8) is 0 Å². The Hall–Kier alpha value is -0.280. The van der Waals surface area contributed by atoms with Gasteiger partial charge in [-0.15, -0.1) is 4.13 Å². The van der Waals surface area contributed by atoms with Crippen LogP contribution in [0, 0.1) is 0 Å². The quantitative estimate of drug-likeness (QED) is 0.543. The molecule has 1 aliphatic heterocycles. The molecule has 5 nitrogen and oxygen atoms in total. The fraction of sp³-hybridized carbons (Fsp3) is 1.00. The molecule has 0 radical (unpaired) electrons. The van der Waals surface area contributed by atoms with Gasteiger partial charge in [-0.1, -0.05) is 0 Å². The summed E-state index contributed by atoms with van der Waals surface area (Å²) in [5.41, 5.74) is -6.04. The molecule has 0 saturated carbocycles. The summed E-state index contributed by atoms with van der Waals surface area (Å²) < 4.78 is 66.4. The minimum atomic E-state index is -4.66. The Labute approximate surface area is 61.5 Å². The summed E-state index contributed by atoms with van der Waals surface area (Å²) in [5, 5.41) is 0. The number of hydrogen-bond acceptors (Lipinski definition) is 4. The number of hydrogen-bond donors (Lipinski definition) is 1. The van der Waals surface area contributed by atoms with Crippen LogP contribution in [0.1, 0.15) is 0 Å². The van der Waals surface area contributed by atoms with E-state index in [9.17, 15) is 25.6 Å². The summed E-state index contributed by atoms with van der Waals surface area (Å²) in [6.45, 7) is 0. The highest BCUT2D eigenvalue weighted by Gasteiger charge is 2.52.